The number of phenols is 1. The number of hydrogen-bond acceptors (Lipinski definition) is 4. The molecule has 6 heteroatoms. The molecule has 1 saturated heterocycles. The second kappa shape index (κ2) is 9.46. The molecule has 0 bridgehead atoms. The summed E-state index contributed by atoms with van der Waals surface area (Å²) < 4.78 is 0. The van der Waals surface area contributed by atoms with Crippen LogP contribution < -0.4 is 11.1 Å². The van der Waals surface area contributed by atoms with Gasteiger partial charge in [0.1, 0.15) is 5.75 Å². The van der Waals surface area contributed by atoms with Gasteiger partial charge in [-0.15, -0.1) is 24.8 Å². The third-order valence-electron chi connectivity index (χ3n) is 4.09. The van der Waals surface area contributed by atoms with Crippen LogP contribution in [-0.2, 0) is 0 Å². The second-order valence-electron chi connectivity index (χ2n) is 6.17. The predicted octanol–water partition coefficient (Wildman–Crippen LogP) is 3.12. The molecule has 0 radical (unpaired) electrons. The first kappa shape index (κ1) is 21.3. The van der Waals surface area contributed by atoms with E-state index in [9.17, 15) is 5.11 Å². The van der Waals surface area contributed by atoms with Crippen molar-refractivity contribution in [3.05, 3.63) is 23.3 Å². The van der Waals surface area contributed by atoms with E-state index < -0.39 is 0 Å². The normalized spacial score (nSPS) is 16.7. The zero-order valence-electron chi connectivity index (χ0n) is 13.6. The maximum Gasteiger partial charge on any atom is 0.143 e. The summed E-state index contributed by atoms with van der Waals surface area (Å²) in [7, 11) is 0. The lowest BCUT2D eigenvalue weighted by molar-refractivity contribution is 0.151. The molecule has 0 saturated carbocycles. The fourth-order valence-corrected chi connectivity index (χ4v) is 3.04. The Morgan fingerprint density at radius 1 is 1.23 bits per heavy atom. The summed E-state index contributed by atoms with van der Waals surface area (Å²) in [6.45, 7) is 10.6. The number of rotatable bonds is 4. The SMILES string of the molecule is Cc1ccc(N)c(O)c1[C@@H](CC(C)C)N1CCNCC1.Cl.Cl. The molecule has 1 aliphatic heterocycles. The van der Waals surface area contributed by atoms with Crippen LogP contribution in [0.3, 0.4) is 0 Å². The molecule has 0 unspecified atom stereocenters. The molecule has 1 heterocycles. The Hall–Kier alpha value is -0.680. The van der Waals surface area contributed by atoms with Crippen molar-refractivity contribution in [3.63, 3.8) is 0 Å². The lowest BCUT2D eigenvalue weighted by atomic mass is 9.91. The van der Waals surface area contributed by atoms with E-state index in [0.717, 1.165) is 43.7 Å². The topological polar surface area (TPSA) is 61.5 Å². The van der Waals surface area contributed by atoms with E-state index in [1.54, 1.807) is 6.07 Å². The van der Waals surface area contributed by atoms with Crippen molar-refractivity contribution >= 4 is 30.5 Å². The number of hydrogen-bond donors (Lipinski definition) is 3. The second-order valence-corrected chi connectivity index (χ2v) is 6.17. The Morgan fingerprint density at radius 2 is 1.82 bits per heavy atom. The number of aryl methyl sites for hydroxylation is 1. The summed E-state index contributed by atoms with van der Waals surface area (Å²) in [5, 5.41) is 13.8. The highest BCUT2D eigenvalue weighted by Gasteiger charge is 2.27. The molecule has 0 amide bonds. The van der Waals surface area contributed by atoms with Gasteiger partial charge >= 0.3 is 0 Å². The molecule has 128 valence electrons. The first-order chi connectivity index (χ1) is 9.50. The summed E-state index contributed by atoms with van der Waals surface area (Å²) in [5.74, 6) is 0.851. The van der Waals surface area contributed by atoms with Crippen LogP contribution in [0.1, 0.15) is 37.4 Å². The lowest BCUT2D eigenvalue weighted by Crippen LogP contribution is -2.45. The molecule has 0 spiro atoms. The molecule has 4 nitrogen and oxygen atoms in total. The number of phenolic OH excluding ortho intramolecular Hbond substituents is 1. The highest BCUT2D eigenvalue weighted by Crippen LogP contribution is 2.39. The summed E-state index contributed by atoms with van der Waals surface area (Å²) in [6, 6.07) is 4.05. The number of aromatic hydroxyl groups is 1. The van der Waals surface area contributed by atoms with Crippen molar-refractivity contribution < 1.29 is 5.11 Å². The zero-order chi connectivity index (χ0) is 14.7. The Balaban J connectivity index is 0.00000220. The van der Waals surface area contributed by atoms with Crippen LogP contribution in [0.2, 0.25) is 0 Å². The average molecular weight is 350 g/mol. The zero-order valence-corrected chi connectivity index (χ0v) is 15.3. The van der Waals surface area contributed by atoms with Gasteiger partial charge in [-0.2, -0.15) is 0 Å². The van der Waals surface area contributed by atoms with Gasteiger partial charge in [0, 0.05) is 37.8 Å². The number of nitrogens with zero attached hydrogens (tertiary/aromatic N) is 1. The minimum atomic E-state index is 0. The molecule has 4 N–H and O–H groups in total. The number of piperazine rings is 1. The fourth-order valence-electron chi connectivity index (χ4n) is 3.04. The van der Waals surface area contributed by atoms with Crippen LogP contribution in [0.4, 0.5) is 5.69 Å². The molecule has 1 fully saturated rings. The van der Waals surface area contributed by atoms with E-state index in [1.807, 2.05) is 6.07 Å². The monoisotopic (exact) mass is 349 g/mol. The van der Waals surface area contributed by atoms with Crippen molar-refractivity contribution in [3.8, 4) is 5.75 Å². The standard InChI is InChI=1S/C16H27N3O.2ClH/c1-11(2)10-14(19-8-6-18-7-9-19)15-12(3)4-5-13(17)16(15)20;;/h4-5,11,14,18,20H,6-10,17H2,1-3H3;2*1H/t14-;;/m1../s1. The predicted molar refractivity (Wildman–Crippen MR) is 98.4 cm³/mol. The van der Waals surface area contributed by atoms with E-state index in [1.165, 1.54) is 0 Å². The third kappa shape index (κ3) is 4.92. The Labute approximate surface area is 146 Å². The Bertz CT molecular complexity index is 463. The van der Waals surface area contributed by atoms with Crippen LogP contribution in [0, 0.1) is 12.8 Å². The van der Waals surface area contributed by atoms with E-state index in [4.69, 9.17) is 5.73 Å². The molecular weight excluding hydrogens is 321 g/mol. The smallest absolute Gasteiger partial charge is 0.143 e. The molecule has 0 aliphatic carbocycles. The van der Waals surface area contributed by atoms with Gasteiger partial charge in [-0.1, -0.05) is 19.9 Å². The van der Waals surface area contributed by atoms with Crippen molar-refractivity contribution in [2.24, 2.45) is 5.92 Å². The summed E-state index contributed by atoms with van der Waals surface area (Å²) in [5.41, 5.74) is 8.53. The van der Waals surface area contributed by atoms with Crippen LogP contribution in [-0.4, -0.2) is 36.2 Å². The number of anilines is 1. The number of nitrogens with one attached hydrogen (secondary N) is 1. The summed E-state index contributed by atoms with van der Waals surface area (Å²) >= 11 is 0. The van der Waals surface area contributed by atoms with Crippen molar-refractivity contribution in [1.82, 2.24) is 10.2 Å². The van der Waals surface area contributed by atoms with E-state index >= 15 is 0 Å². The minimum Gasteiger partial charge on any atom is -0.505 e. The van der Waals surface area contributed by atoms with Crippen LogP contribution >= 0.6 is 24.8 Å². The average Bonchev–Trinajstić information content (AvgIpc) is 2.43. The van der Waals surface area contributed by atoms with Gasteiger partial charge in [0.15, 0.2) is 0 Å². The lowest BCUT2D eigenvalue weighted by Gasteiger charge is -2.37. The maximum atomic E-state index is 10.4. The van der Waals surface area contributed by atoms with Crippen molar-refractivity contribution in [2.45, 2.75) is 33.2 Å². The van der Waals surface area contributed by atoms with Gasteiger partial charge in [-0.05, 0) is 30.9 Å². The fraction of sp³-hybridized carbons (Fsp3) is 0.625. The molecule has 1 aromatic carbocycles. The first-order valence-corrected chi connectivity index (χ1v) is 7.53. The molecule has 1 aliphatic rings. The van der Waals surface area contributed by atoms with Crippen LogP contribution in [0.5, 0.6) is 5.75 Å². The maximum absolute atomic E-state index is 10.4. The van der Waals surface area contributed by atoms with Gasteiger partial charge in [-0.3, -0.25) is 4.90 Å². The van der Waals surface area contributed by atoms with Crippen LogP contribution in [0.15, 0.2) is 12.1 Å². The minimum absolute atomic E-state index is 0. The molecule has 1 atom stereocenters. The molecule has 22 heavy (non-hydrogen) atoms. The first-order valence-electron chi connectivity index (χ1n) is 7.53. The molecular formula is C16H29Cl2N3O. The van der Waals surface area contributed by atoms with Gasteiger partial charge in [0.2, 0.25) is 0 Å². The van der Waals surface area contributed by atoms with Crippen LogP contribution in [0.25, 0.3) is 0 Å². The third-order valence-corrected chi connectivity index (χ3v) is 4.09. The van der Waals surface area contributed by atoms with Gasteiger partial charge in [0.05, 0.1) is 5.69 Å². The van der Waals surface area contributed by atoms with Crippen molar-refractivity contribution in [1.29, 1.82) is 0 Å². The number of benzene rings is 1. The number of halogens is 2. The highest BCUT2D eigenvalue weighted by atomic mass is 35.5. The summed E-state index contributed by atoms with van der Waals surface area (Å²) in [4.78, 5) is 2.47. The van der Waals surface area contributed by atoms with E-state index in [-0.39, 0.29) is 36.6 Å². The molecule has 2 rings (SSSR count). The molecule has 0 aromatic heterocycles. The van der Waals surface area contributed by atoms with Gasteiger partial charge < -0.3 is 16.2 Å². The Kier molecular flexibility index (Phi) is 9.16. The summed E-state index contributed by atoms with van der Waals surface area (Å²) in [6.07, 6.45) is 1.04. The van der Waals surface area contributed by atoms with Gasteiger partial charge in [0.25, 0.3) is 0 Å². The van der Waals surface area contributed by atoms with Crippen molar-refractivity contribution in [2.75, 3.05) is 31.9 Å². The van der Waals surface area contributed by atoms with Gasteiger partial charge in [-0.25, -0.2) is 0 Å². The largest absolute Gasteiger partial charge is 0.505 e. The quantitative estimate of drug-likeness (QED) is 0.577. The number of nitrogen functional groups attached to an aromatic ring is 1. The highest BCUT2D eigenvalue weighted by molar-refractivity contribution is 5.85. The molecule has 1 aromatic rings. The Morgan fingerprint density at radius 3 is 2.36 bits per heavy atom. The number of nitrogens with two attached hydrogens (primary N) is 1. The van der Waals surface area contributed by atoms with E-state index in [2.05, 4.69) is 31.0 Å². The van der Waals surface area contributed by atoms with E-state index in [0.29, 0.717) is 11.6 Å².